The number of aryl methyl sites for hydroxylation is 1. The summed E-state index contributed by atoms with van der Waals surface area (Å²) in [6.07, 6.45) is 2.26. The number of hydrogen-bond donors (Lipinski definition) is 2. The zero-order valence-corrected chi connectivity index (χ0v) is 12.1. The van der Waals surface area contributed by atoms with E-state index in [9.17, 15) is 0 Å². The average Bonchev–Trinajstić information content (AvgIpc) is 2.65. The summed E-state index contributed by atoms with van der Waals surface area (Å²) in [6.45, 7) is 9.42. The van der Waals surface area contributed by atoms with Gasteiger partial charge in [0.15, 0.2) is 0 Å². The van der Waals surface area contributed by atoms with Crippen LogP contribution in [0.4, 0.5) is 0 Å². The molecule has 3 N–H and O–H groups in total. The third-order valence-electron chi connectivity index (χ3n) is 5.07. The van der Waals surface area contributed by atoms with Gasteiger partial charge in [-0.15, -0.1) is 0 Å². The van der Waals surface area contributed by atoms with Crippen molar-refractivity contribution in [3.8, 4) is 0 Å². The Hall–Kier alpha value is -0.380. The molecule has 0 spiro atoms. The monoisotopic (exact) mass is 252 g/mol. The lowest BCUT2D eigenvalue weighted by Gasteiger charge is -2.17. The molecule has 1 atom stereocenters. The van der Waals surface area contributed by atoms with E-state index < -0.39 is 0 Å². The predicted octanol–water partition coefficient (Wildman–Crippen LogP) is 3.19. The Balaban J connectivity index is 1.95. The lowest BCUT2D eigenvalue weighted by molar-refractivity contribution is 0.383. The summed E-state index contributed by atoms with van der Waals surface area (Å²) >= 11 is 1.77. The minimum Gasteiger partial charge on any atom is -0.271 e. The molecule has 0 saturated heterocycles. The maximum atomic E-state index is 5.75. The van der Waals surface area contributed by atoms with Crippen molar-refractivity contribution in [3.05, 3.63) is 22.4 Å². The van der Waals surface area contributed by atoms with Gasteiger partial charge in [0.2, 0.25) is 0 Å². The van der Waals surface area contributed by atoms with Crippen LogP contribution in [0.25, 0.3) is 0 Å². The van der Waals surface area contributed by atoms with Gasteiger partial charge in [-0.1, -0.05) is 27.7 Å². The maximum absolute atomic E-state index is 5.75. The fraction of sp³-hybridized carbons (Fsp3) is 0.714. The van der Waals surface area contributed by atoms with Gasteiger partial charge < -0.3 is 0 Å². The first-order valence-corrected chi connectivity index (χ1v) is 7.32. The van der Waals surface area contributed by atoms with Crippen LogP contribution in [0.15, 0.2) is 16.8 Å². The summed E-state index contributed by atoms with van der Waals surface area (Å²) in [5.74, 6) is 6.43. The number of hydrogen-bond acceptors (Lipinski definition) is 3. The molecule has 1 fully saturated rings. The van der Waals surface area contributed by atoms with Crippen LogP contribution >= 0.6 is 11.3 Å². The molecule has 2 nitrogen and oxygen atoms in total. The quantitative estimate of drug-likeness (QED) is 0.624. The summed E-state index contributed by atoms with van der Waals surface area (Å²) in [5, 5.41) is 4.38. The lowest BCUT2D eigenvalue weighted by Crippen LogP contribution is -2.39. The van der Waals surface area contributed by atoms with Gasteiger partial charge in [0.25, 0.3) is 0 Å². The zero-order chi connectivity index (χ0) is 12.7. The summed E-state index contributed by atoms with van der Waals surface area (Å²) in [5.41, 5.74) is 5.28. The van der Waals surface area contributed by atoms with Gasteiger partial charge in [0.1, 0.15) is 0 Å². The van der Waals surface area contributed by atoms with Crippen LogP contribution in [0.5, 0.6) is 0 Å². The van der Waals surface area contributed by atoms with Gasteiger partial charge in [-0.3, -0.25) is 11.3 Å². The molecular formula is C14H24N2S. The summed E-state index contributed by atoms with van der Waals surface area (Å²) < 4.78 is 0. The van der Waals surface area contributed by atoms with Crippen LogP contribution in [0.2, 0.25) is 0 Å². The van der Waals surface area contributed by atoms with Crippen molar-refractivity contribution >= 4 is 11.3 Å². The van der Waals surface area contributed by atoms with Gasteiger partial charge in [0, 0.05) is 6.04 Å². The van der Waals surface area contributed by atoms with Crippen molar-refractivity contribution in [1.29, 1.82) is 0 Å². The fourth-order valence-electron chi connectivity index (χ4n) is 3.36. The van der Waals surface area contributed by atoms with E-state index >= 15 is 0 Å². The van der Waals surface area contributed by atoms with Crippen molar-refractivity contribution in [2.75, 3.05) is 0 Å². The smallest absolute Gasteiger partial charge is 0.0252 e. The van der Waals surface area contributed by atoms with Crippen LogP contribution < -0.4 is 11.3 Å². The first kappa shape index (κ1) is 13.1. The Morgan fingerprint density at radius 3 is 2.41 bits per heavy atom. The van der Waals surface area contributed by atoms with Crippen molar-refractivity contribution in [3.63, 3.8) is 0 Å². The van der Waals surface area contributed by atoms with E-state index in [1.165, 1.54) is 5.56 Å². The lowest BCUT2D eigenvalue weighted by atomic mass is 9.98. The predicted molar refractivity (Wildman–Crippen MR) is 74.8 cm³/mol. The Morgan fingerprint density at radius 1 is 1.35 bits per heavy atom. The SMILES string of the molecule is CC1(C)C(C(CCc2ccsc2)NN)C1(C)C. The van der Waals surface area contributed by atoms with Gasteiger partial charge in [-0.05, 0) is 52.0 Å². The second kappa shape index (κ2) is 4.38. The molecule has 17 heavy (non-hydrogen) atoms. The maximum Gasteiger partial charge on any atom is 0.0252 e. The van der Waals surface area contributed by atoms with Crippen LogP contribution in [-0.2, 0) is 6.42 Å². The molecule has 1 aromatic heterocycles. The van der Waals surface area contributed by atoms with E-state index in [4.69, 9.17) is 5.84 Å². The topological polar surface area (TPSA) is 38.0 Å². The Morgan fingerprint density at radius 2 is 2.00 bits per heavy atom. The van der Waals surface area contributed by atoms with Crippen molar-refractivity contribution in [1.82, 2.24) is 5.43 Å². The minimum atomic E-state index is 0.401. The summed E-state index contributed by atoms with van der Waals surface area (Å²) in [6, 6.07) is 2.64. The molecule has 1 aliphatic rings. The number of hydrazine groups is 1. The highest BCUT2D eigenvalue weighted by molar-refractivity contribution is 7.07. The van der Waals surface area contributed by atoms with Crippen LogP contribution in [0.1, 0.15) is 39.7 Å². The number of rotatable bonds is 5. The second-order valence-electron chi connectivity index (χ2n) is 6.36. The molecule has 2 rings (SSSR count). The van der Waals surface area contributed by atoms with Crippen molar-refractivity contribution in [2.24, 2.45) is 22.6 Å². The van der Waals surface area contributed by atoms with E-state index in [1.54, 1.807) is 11.3 Å². The molecule has 1 aliphatic carbocycles. The zero-order valence-electron chi connectivity index (χ0n) is 11.3. The van der Waals surface area contributed by atoms with E-state index in [1.807, 2.05) is 0 Å². The highest BCUT2D eigenvalue weighted by Gasteiger charge is 2.66. The number of nitrogens with one attached hydrogen (secondary N) is 1. The third-order valence-corrected chi connectivity index (χ3v) is 5.80. The van der Waals surface area contributed by atoms with E-state index in [0.29, 0.717) is 22.8 Å². The van der Waals surface area contributed by atoms with Gasteiger partial charge >= 0.3 is 0 Å². The highest BCUT2D eigenvalue weighted by Crippen LogP contribution is 2.69. The standard InChI is InChI=1S/C14H24N2S/c1-13(2)12(14(13,3)4)11(16-15)6-5-10-7-8-17-9-10/h7-9,11-12,16H,5-6,15H2,1-4H3. The number of thiophene rings is 1. The Kier molecular flexibility index (Phi) is 3.36. The molecule has 1 aromatic rings. The molecule has 0 aromatic carbocycles. The first-order chi connectivity index (χ1) is 7.91. The molecule has 1 saturated carbocycles. The van der Waals surface area contributed by atoms with Gasteiger partial charge in [-0.2, -0.15) is 11.3 Å². The molecule has 1 heterocycles. The van der Waals surface area contributed by atoms with Crippen LogP contribution in [-0.4, -0.2) is 6.04 Å². The minimum absolute atomic E-state index is 0.401. The largest absolute Gasteiger partial charge is 0.271 e. The molecule has 0 radical (unpaired) electrons. The molecule has 96 valence electrons. The van der Waals surface area contributed by atoms with Gasteiger partial charge in [-0.25, -0.2) is 0 Å². The summed E-state index contributed by atoms with van der Waals surface area (Å²) in [4.78, 5) is 0. The molecule has 0 aliphatic heterocycles. The summed E-state index contributed by atoms with van der Waals surface area (Å²) in [7, 11) is 0. The Labute approximate surface area is 109 Å². The average molecular weight is 252 g/mol. The van der Waals surface area contributed by atoms with E-state index in [2.05, 4.69) is 49.9 Å². The Bertz CT molecular complexity index is 354. The molecule has 0 bridgehead atoms. The van der Waals surface area contributed by atoms with Gasteiger partial charge in [0.05, 0.1) is 0 Å². The van der Waals surface area contributed by atoms with Crippen LogP contribution in [0, 0.1) is 16.7 Å². The third kappa shape index (κ3) is 2.16. The fourth-order valence-corrected chi connectivity index (χ4v) is 4.06. The second-order valence-corrected chi connectivity index (χ2v) is 7.14. The van der Waals surface area contributed by atoms with Crippen LogP contribution in [0.3, 0.4) is 0 Å². The molecule has 3 heteroatoms. The highest BCUT2D eigenvalue weighted by atomic mass is 32.1. The molecule has 0 amide bonds. The number of nitrogens with two attached hydrogens (primary N) is 1. The van der Waals surface area contributed by atoms with E-state index in [0.717, 1.165) is 12.8 Å². The van der Waals surface area contributed by atoms with E-state index in [-0.39, 0.29) is 0 Å². The van der Waals surface area contributed by atoms with Crippen molar-refractivity contribution in [2.45, 2.75) is 46.6 Å². The molecule has 1 unspecified atom stereocenters. The van der Waals surface area contributed by atoms with Crippen molar-refractivity contribution < 1.29 is 0 Å². The molecular weight excluding hydrogens is 228 g/mol. The normalized spacial score (nSPS) is 23.6. The first-order valence-electron chi connectivity index (χ1n) is 6.38.